The van der Waals surface area contributed by atoms with E-state index < -0.39 is 0 Å². The Hall–Kier alpha value is -4.40. The first-order valence-corrected chi connectivity index (χ1v) is 14.6. The number of rotatable bonds is 6. The molecule has 1 fully saturated rings. The van der Waals surface area contributed by atoms with Gasteiger partial charge in [0.25, 0.3) is 11.4 Å². The van der Waals surface area contributed by atoms with Gasteiger partial charge < -0.3 is 0 Å². The van der Waals surface area contributed by atoms with E-state index >= 15 is 0 Å². The fraction of sp³-hybridized carbons (Fsp3) is 0.294. The Labute approximate surface area is 245 Å². The summed E-state index contributed by atoms with van der Waals surface area (Å²) in [5.74, 6) is 0. The number of fused-ring (bicyclic) bond motifs is 4. The molecule has 6 rings (SSSR count). The van der Waals surface area contributed by atoms with Crippen molar-refractivity contribution in [2.75, 3.05) is 0 Å². The van der Waals surface area contributed by atoms with Crippen molar-refractivity contribution in [1.29, 1.82) is 0 Å². The molecule has 0 aromatic heterocycles. The number of nitro groups is 2. The SMILES string of the molecule is O=[N+]([O-])c1ccc(CN2Cc3ccccc3-c3ccccc3CN(Cc3ccc([N+](=O)[O-])cc3)[C@@H]3CCCC[C@H]32)cc1. The van der Waals surface area contributed by atoms with E-state index in [0.29, 0.717) is 13.1 Å². The molecular weight excluding hydrogens is 528 g/mol. The molecule has 4 aromatic carbocycles. The Morgan fingerprint density at radius 3 is 1.33 bits per heavy atom. The van der Waals surface area contributed by atoms with Gasteiger partial charge in [-0.05, 0) is 46.2 Å². The molecule has 0 N–H and O–H groups in total. The number of hydrogen-bond acceptors (Lipinski definition) is 6. The van der Waals surface area contributed by atoms with Crippen LogP contribution >= 0.6 is 0 Å². The second-order valence-electron chi connectivity index (χ2n) is 11.4. The minimum Gasteiger partial charge on any atom is -0.290 e. The molecule has 1 saturated carbocycles. The van der Waals surface area contributed by atoms with Crippen LogP contribution in [0.25, 0.3) is 11.1 Å². The molecule has 2 atom stereocenters. The Kier molecular flexibility index (Phi) is 8.08. The topological polar surface area (TPSA) is 92.8 Å². The zero-order valence-electron chi connectivity index (χ0n) is 23.5. The fourth-order valence-corrected chi connectivity index (χ4v) is 6.72. The van der Waals surface area contributed by atoms with E-state index in [1.807, 2.05) is 24.3 Å². The van der Waals surface area contributed by atoms with E-state index in [2.05, 4.69) is 58.3 Å². The number of benzene rings is 4. The summed E-state index contributed by atoms with van der Waals surface area (Å²) in [5, 5.41) is 22.6. The molecule has 1 heterocycles. The van der Waals surface area contributed by atoms with Crippen LogP contribution in [0.2, 0.25) is 0 Å². The summed E-state index contributed by atoms with van der Waals surface area (Å²) in [6.45, 7) is 2.93. The van der Waals surface area contributed by atoms with Gasteiger partial charge in [-0.3, -0.25) is 30.0 Å². The highest BCUT2D eigenvalue weighted by atomic mass is 16.6. The highest BCUT2D eigenvalue weighted by Crippen LogP contribution is 2.37. The zero-order chi connectivity index (χ0) is 29.1. The molecule has 8 nitrogen and oxygen atoms in total. The van der Waals surface area contributed by atoms with Gasteiger partial charge in [0.15, 0.2) is 0 Å². The molecule has 0 amide bonds. The van der Waals surface area contributed by atoms with Crippen molar-refractivity contribution in [1.82, 2.24) is 9.80 Å². The van der Waals surface area contributed by atoms with Crippen LogP contribution in [0.4, 0.5) is 11.4 Å². The van der Waals surface area contributed by atoms with E-state index in [0.717, 1.165) is 49.9 Å². The smallest absolute Gasteiger partial charge is 0.269 e. The Morgan fingerprint density at radius 1 is 0.571 bits per heavy atom. The maximum atomic E-state index is 11.3. The first kappa shape index (κ1) is 27.8. The first-order valence-electron chi connectivity index (χ1n) is 14.6. The summed E-state index contributed by atoms with van der Waals surface area (Å²) >= 11 is 0. The maximum Gasteiger partial charge on any atom is 0.269 e. The molecule has 42 heavy (non-hydrogen) atoms. The Morgan fingerprint density at radius 2 is 0.952 bits per heavy atom. The number of hydrogen-bond donors (Lipinski definition) is 0. The second-order valence-corrected chi connectivity index (χ2v) is 11.4. The van der Waals surface area contributed by atoms with Crippen LogP contribution < -0.4 is 0 Å². The van der Waals surface area contributed by atoms with Gasteiger partial charge >= 0.3 is 0 Å². The van der Waals surface area contributed by atoms with E-state index in [1.165, 1.54) is 22.3 Å². The Bertz CT molecular complexity index is 1450. The van der Waals surface area contributed by atoms with Crippen LogP contribution in [0.3, 0.4) is 0 Å². The van der Waals surface area contributed by atoms with E-state index in [-0.39, 0.29) is 33.3 Å². The van der Waals surface area contributed by atoms with Crippen molar-refractivity contribution < 1.29 is 9.85 Å². The van der Waals surface area contributed by atoms with Crippen LogP contribution in [0.1, 0.15) is 47.9 Å². The normalized spacial score (nSPS) is 19.2. The lowest BCUT2D eigenvalue weighted by atomic mass is 9.85. The minimum atomic E-state index is -0.353. The van der Waals surface area contributed by atoms with Crippen LogP contribution in [0, 0.1) is 20.2 Å². The third kappa shape index (κ3) is 5.95. The van der Waals surface area contributed by atoms with Crippen molar-refractivity contribution >= 4 is 11.4 Å². The standard InChI is InChI=1S/C34H34N4O4/c39-37(40)29-17-13-25(14-18-29)21-35-23-27-7-1-3-9-31(27)32-10-4-2-8-28(32)24-36(34-12-6-5-11-33(34)35)22-26-15-19-30(20-16-26)38(41)42/h1-4,7-10,13-20,33-34H,5-6,11-12,21-24H2/t33-,34-/m1/s1. The molecule has 2 aliphatic rings. The predicted octanol–water partition coefficient (Wildman–Crippen LogP) is 7.50. The summed E-state index contributed by atoms with van der Waals surface area (Å²) in [6, 6.07) is 31.7. The maximum absolute atomic E-state index is 11.3. The average molecular weight is 563 g/mol. The highest BCUT2D eigenvalue weighted by molar-refractivity contribution is 5.70. The first-order chi connectivity index (χ1) is 20.5. The van der Waals surface area contributed by atoms with Gasteiger partial charge in [0.2, 0.25) is 0 Å². The third-order valence-electron chi connectivity index (χ3n) is 8.77. The molecule has 0 radical (unpaired) electrons. The van der Waals surface area contributed by atoms with Gasteiger partial charge in [0.1, 0.15) is 0 Å². The molecule has 8 heteroatoms. The number of nitro benzene ring substituents is 2. The number of nitrogens with zero attached hydrogens (tertiary/aromatic N) is 4. The van der Waals surface area contributed by atoms with Crippen molar-refractivity contribution in [2.24, 2.45) is 0 Å². The lowest BCUT2D eigenvalue weighted by Crippen LogP contribution is -2.52. The van der Waals surface area contributed by atoms with Gasteiger partial charge in [0.05, 0.1) is 9.85 Å². The van der Waals surface area contributed by atoms with Gasteiger partial charge in [-0.2, -0.15) is 0 Å². The summed E-state index contributed by atoms with van der Waals surface area (Å²) in [5.41, 5.74) is 7.33. The summed E-state index contributed by atoms with van der Waals surface area (Å²) < 4.78 is 0. The molecule has 0 spiro atoms. The lowest BCUT2D eigenvalue weighted by molar-refractivity contribution is -0.385. The van der Waals surface area contributed by atoms with Crippen LogP contribution in [0.15, 0.2) is 97.1 Å². The zero-order valence-corrected chi connectivity index (χ0v) is 23.5. The van der Waals surface area contributed by atoms with Gasteiger partial charge in [-0.15, -0.1) is 0 Å². The largest absolute Gasteiger partial charge is 0.290 e. The molecule has 1 aliphatic heterocycles. The van der Waals surface area contributed by atoms with Gasteiger partial charge in [-0.25, -0.2) is 0 Å². The minimum absolute atomic E-state index is 0.103. The summed E-state index contributed by atoms with van der Waals surface area (Å²) in [7, 11) is 0. The lowest BCUT2D eigenvalue weighted by Gasteiger charge is -2.46. The van der Waals surface area contributed by atoms with Crippen LogP contribution in [-0.2, 0) is 26.2 Å². The average Bonchev–Trinajstić information content (AvgIpc) is 3.01. The molecule has 4 aromatic rings. The second kappa shape index (κ2) is 12.2. The van der Waals surface area contributed by atoms with E-state index in [4.69, 9.17) is 0 Å². The molecule has 0 unspecified atom stereocenters. The molecule has 0 saturated heterocycles. The van der Waals surface area contributed by atoms with Gasteiger partial charge in [0, 0.05) is 62.5 Å². The summed E-state index contributed by atoms with van der Waals surface area (Å²) in [6.07, 6.45) is 4.44. The third-order valence-corrected chi connectivity index (χ3v) is 8.77. The van der Waals surface area contributed by atoms with E-state index in [9.17, 15) is 20.2 Å². The molecule has 1 aliphatic carbocycles. The summed E-state index contributed by atoms with van der Waals surface area (Å²) in [4.78, 5) is 27.0. The van der Waals surface area contributed by atoms with Crippen molar-refractivity contribution in [3.63, 3.8) is 0 Å². The van der Waals surface area contributed by atoms with Crippen LogP contribution in [0.5, 0.6) is 0 Å². The monoisotopic (exact) mass is 562 g/mol. The van der Waals surface area contributed by atoms with Crippen LogP contribution in [-0.4, -0.2) is 31.7 Å². The highest BCUT2D eigenvalue weighted by Gasteiger charge is 2.36. The molecule has 0 bridgehead atoms. The number of non-ortho nitro benzene ring substituents is 2. The van der Waals surface area contributed by atoms with Crippen molar-refractivity contribution in [3.05, 3.63) is 140 Å². The van der Waals surface area contributed by atoms with E-state index in [1.54, 1.807) is 24.3 Å². The van der Waals surface area contributed by atoms with Crippen molar-refractivity contribution in [3.8, 4) is 11.1 Å². The quantitative estimate of drug-likeness (QED) is 0.178. The molecule has 214 valence electrons. The predicted molar refractivity (Wildman–Crippen MR) is 163 cm³/mol. The van der Waals surface area contributed by atoms with Crippen molar-refractivity contribution in [2.45, 2.75) is 63.9 Å². The Balaban J connectivity index is 1.43. The molecular formula is C34H34N4O4. The van der Waals surface area contributed by atoms with Gasteiger partial charge in [-0.1, -0.05) is 85.6 Å². The fourth-order valence-electron chi connectivity index (χ4n) is 6.72.